The Bertz CT molecular complexity index is 960. The van der Waals surface area contributed by atoms with Gasteiger partial charge < -0.3 is 4.90 Å². The fraction of sp³-hybridized carbons (Fsp3) is 0.550. The molecule has 1 aromatic carbocycles. The average molecular weight is 420 g/mol. The molecule has 0 bridgehead atoms. The number of hydrogen-bond acceptors (Lipinski definition) is 5. The van der Waals surface area contributed by atoms with Gasteiger partial charge in [-0.15, -0.1) is 0 Å². The van der Waals surface area contributed by atoms with Crippen molar-refractivity contribution in [2.24, 2.45) is 0 Å². The SMILES string of the molecule is CS(=O)(=O)N1CCN(C(=O)c2ccc3c(c2)C(=O)N(C2CCCCC2)C3=O)CC1. The maximum absolute atomic E-state index is 12.9. The molecule has 3 amide bonds. The van der Waals surface area contributed by atoms with Crippen LogP contribution in [0.25, 0.3) is 0 Å². The molecule has 0 unspecified atom stereocenters. The van der Waals surface area contributed by atoms with E-state index in [1.54, 1.807) is 17.0 Å². The molecule has 2 heterocycles. The van der Waals surface area contributed by atoms with Crippen molar-refractivity contribution in [3.63, 3.8) is 0 Å². The van der Waals surface area contributed by atoms with E-state index < -0.39 is 10.0 Å². The number of piperazine rings is 1. The van der Waals surface area contributed by atoms with Crippen LogP contribution in [0.1, 0.15) is 63.2 Å². The van der Waals surface area contributed by atoms with Gasteiger partial charge in [0.2, 0.25) is 10.0 Å². The smallest absolute Gasteiger partial charge is 0.261 e. The number of fused-ring (bicyclic) bond motifs is 1. The van der Waals surface area contributed by atoms with Gasteiger partial charge in [0.05, 0.1) is 17.4 Å². The Labute approximate surface area is 170 Å². The molecule has 0 aromatic heterocycles. The van der Waals surface area contributed by atoms with Crippen molar-refractivity contribution in [3.05, 3.63) is 34.9 Å². The van der Waals surface area contributed by atoms with Gasteiger partial charge in [-0.1, -0.05) is 19.3 Å². The van der Waals surface area contributed by atoms with Crippen LogP contribution < -0.4 is 0 Å². The first-order valence-corrected chi connectivity index (χ1v) is 11.9. The molecule has 1 saturated carbocycles. The molecule has 9 heteroatoms. The van der Waals surface area contributed by atoms with Gasteiger partial charge in [0, 0.05) is 37.8 Å². The van der Waals surface area contributed by atoms with Crippen molar-refractivity contribution in [2.75, 3.05) is 32.4 Å². The lowest BCUT2D eigenvalue weighted by molar-refractivity contribution is 0.0548. The summed E-state index contributed by atoms with van der Waals surface area (Å²) >= 11 is 0. The van der Waals surface area contributed by atoms with Crippen LogP contribution in [0.5, 0.6) is 0 Å². The molecule has 1 saturated heterocycles. The predicted octanol–water partition coefficient (Wildman–Crippen LogP) is 1.33. The summed E-state index contributed by atoms with van der Waals surface area (Å²) in [6.07, 6.45) is 5.99. The average Bonchev–Trinajstić information content (AvgIpc) is 2.97. The summed E-state index contributed by atoms with van der Waals surface area (Å²) < 4.78 is 24.6. The Hall–Kier alpha value is -2.26. The molecule has 1 aliphatic carbocycles. The van der Waals surface area contributed by atoms with Crippen molar-refractivity contribution < 1.29 is 22.8 Å². The monoisotopic (exact) mass is 419 g/mol. The van der Waals surface area contributed by atoms with Crippen LogP contribution in [-0.4, -0.2) is 78.7 Å². The number of benzene rings is 1. The number of sulfonamides is 1. The van der Waals surface area contributed by atoms with Crippen LogP contribution in [0.2, 0.25) is 0 Å². The maximum Gasteiger partial charge on any atom is 0.261 e. The van der Waals surface area contributed by atoms with E-state index in [4.69, 9.17) is 0 Å². The van der Waals surface area contributed by atoms with Gasteiger partial charge in [-0.3, -0.25) is 19.3 Å². The second kappa shape index (κ2) is 7.53. The Morgan fingerprint density at radius 2 is 1.55 bits per heavy atom. The van der Waals surface area contributed by atoms with Crippen molar-refractivity contribution in [1.82, 2.24) is 14.1 Å². The lowest BCUT2D eigenvalue weighted by Crippen LogP contribution is -2.50. The zero-order valence-electron chi connectivity index (χ0n) is 16.5. The molecule has 1 aromatic rings. The molecule has 0 spiro atoms. The summed E-state index contributed by atoms with van der Waals surface area (Å²) in [4.78, 5) is 41.5. The number of carbonyl (C=O) groups excluding carboxylic acids is 3. The molecular weight excluding hydrogens is 394 g/mol. The number of hydrogen-bond donors (Lipinski definition) is 0. The quantitative estimate of drug-likeness (QED) is 0.689. The molecule has 2 aliphatic heterocycles. The van der Waals surface area contributed by atoms with E-state index in [0.717, 1.165) is 38.4 Å². The highest BCUT2D eigenvalue weighted by Crippen LogP contribution is 2.31. The summed E-state index contributed by atoms with van der Waals surface area (Å²) in [6.45, 7) is 1.10. The molecule has 2 fully saturated rings. The minimum Gasteiger partial charge on any atom is -0.336 e. The van der Waals surface area contributed by atoms with Crippen LogP contribution in [0.4, 0.5) is 0 Å². The molecule has 29 heavy (non-hydrogen) atoms. The third-order valence-electron chi connectivity index (χ3n) is 6.10. The minimum absolute atomic E-state index is 0.0561. The molecule has 8 nitrogen and oxygen atoms in total. The van der Waals surface area contributed by atoms with Gasteiger partial charge in [0.15, 0.2) is 0 Å². The largest absolute Gasteiger partial charge is 0.336 e. The van der Waals surface area contributed by atoms with E-state index in [1.807, 2.05) is 0 Å². The fourth-order valence-electron chi connectivity index (χ4n) is 4.47. The minimum atomic E-state index is -3.27. The maximum atomic E-state index is 12.9. The van der Waals surface area contributed by atoms with Crippen LogP contribution in [0.15, 0.2) is 18.2 Å². The van der Waals surface area contributed by atoms with Crippen molar-refractivity contribution in [1.29, 1.82) is 0 Å². The van der Waals surface area contributed by atoms with Crippen LogP contribution in [0, 0.1) is 0 Å². The summed E-state index contributed by atoms with van der Waals surface area (Å²) in [5, 5.41) is 0. The number of carbonyl (C=O) groups is 3. The van der Waals surface area contributed by atoms with Gasteiger partial charge in [-0.25, -0.2) is 8.42 Å². The van der Waals surface area contributed by atoms with E-state index in [2.05, 4.69) is 0 Å². The van der Waals surface area contributed by atoms with Crippen molar-refractivity contribution >= 4 is 27.7 Å². The van der Waals surface area contributed by atoms with Crippen molar-refractivity contribution in [3.8, 4) is 0 Å². The third kappa shape index (κ3) is 3.69. The highest BCUT2D eigenvalue weighted by Gasteiger charge is 2.40. The Morgan fingerprint density at radius 3 is 2.17 bits per heavy atom. The number of amides is 3. The first-order chi connectivity index (χ1) is 13.8. The van der Waals surface area contributed by atoms with Gasteiger partial charge >= 0.3 is 0 Å². The van der Waals surface area contributed by atoms with Crippen LogP contribution in [0.3, 0.4) is 0 Å². The summed E-state index contributed by atoms with van der Waals surface area (Å²) in [7, 11) is -3.27. The molecule has 4 rings (SSSR count). The first kappa shape index (κ1) is 20.0. The zero-order valence-corrected chi connectivity index (χ0v) is 17.3. The van der Waals surface area contributed by atoms with Crippen molar-refractivity contribution in [2.45, 2.75) is 38.1 Å². The van der Waals surface area contributed by atoms with Gasteiger partial charge in [-0.05, 0) is 31.0 Å². The van der Waals surface area contributed by atoms with Gasteiger partial charge in [0.1, 0.15) is 0 Å². The van der Waals surface area contributed by atoms with Crippen LogP contribution in [-0.2, 0) is 10.0 Å². The van der Waals surface area contributed by atoms with Crippen LogP contribution >= 0.6 is 0 Å². The normalized spacial score (nSPS) is 21.6. The second-order valence-electron chi connectivity index (χ2n) is 7.99. The number of rotatable bonds is 3. The Balaban J connectivity index is 1.51. The highest BCUT2D eigenvalue weighted by atomic mass is 32.2. The van der Waals surface area contributed by atoms with E-state index in [1.165, 1.54) is 15.3 Å². The van der Waals surface area contributed by atoms with E-state index in [-0.39, 0.29) is 36.9 Å². The predicted molar refractivity (Wildman–Crippen MR) is 106 cm³/mol. The molecule has 0 N–H and O–H groups in total. The lowest BCUT2D eigenvalue weighted by Gasteiger charge is -2.33. The molecular formula is C20H25N3O5S. The summed E-state index contributed by atoms with van der Waals surface area (Å²) in [5.41, 5.74) is 1.00. The third-order valence-corrected chi connectivity index (χ3v) is 7.40. The van der Waals surface area contributed by atoms with Gasteiger partial charge in [0.25, 0.3) is 17.7 Å². The number of imide groups is 1. The topological polar surface area (TPSA) is 95.1 Å². The fourth-order valence-corrected chi connectivity index (χ4v) is 5.30. The number of nitrogens with zero attached hydrogens (tertiary/aromatic N) is 3. The van der Waals surface area contributed by atoms with E-state index in [0.29, 0.717) is 29.8 Å². The summed E-state index contributed by atoms with van der Waals surface area (Å²) in [5.74, 6) is -0.830. The Kier molecular flexibility index (Phi) is 5.20. The lowest BCUT2D eigenvalue weighted by atomic mass is 9.94. The zero-order chi connectivity index (χ0) is 20.8. The van der Waals surface area contributed by atoms with E-state index >= 15 is 0 Å². The first-order valence-electron chi connectivity index (χ1n) is 10.0. The Morgan fingerprint density at radius 1 is 0.931 bits per heavy atom. The van der Waals surface area contributed by atoms with E-state index in [9.17, 15) is 22.8 Å². The van der Waals surface area contributed by atoms with Gasteiger partial charge in [-0.2, -0.15) is 4.31 Å². The molecule has 0 atom stereocenters. The molecule has 0 radical (unpaired) electrons. The second-order valence-corrected chi connectivity index (χ2v) is 9.97. The standard InChI is InChI=1S/C20H25N3O5S/c1-29(27,28)22-11-9-21(10-12-22)18(24)14-7-8-16-17(13-14)20(26)23(19(16)25)15-5-3-2-4-6-15/h7-8,13,15H,2-6,9-12H2,1H3. The molecule has 3 aliphatic rings. The summed E-state index contributed by atoms with van der Waals surface area (Å²) in [6, 6.07) is 4.61. The molecule has 156 valence electrons. The highest BCUT2D eigenvalue weighted by molar-refractivity contribution is 7.88.